The van der Waals surface area contributed by atoms with Gasteiger partial charge in [0.05, 0.1) is 24.6 Å². The maximum atomic E-state index is 13.6. The van der Waals surface area contributed by atoms with E-state index in [1.165, 1.54) is 10.5 Å². The predicted octanol–water partition coefficient (Wildman–Crippen LogP) is 5.12. The minimum Gasteiger partial charge on any atom is -0.497 e. The highest BCUT2D eigenvalue weighted by Crippen LogP contribution is 2.58. The molecule has 1 saturated heterocycles. The highest BCUT2D eigenvalue weighted by molar-refractivity contribution is 6.23. The molecule has 0 unspecified atom stereocenters. The molecule has 1 aliphatic heterocycles. The van der Waals surface area contributed by atoms with Gasteiger partial charge in [0.1, 0.15) is 5.75 Å². The minimum atomic E-state index is -0.355. The van der Waals surface area contributed by atoms with Crippen molar-refractivity contribution in [2.45, 2.75) is 0 Å². The van der Waals surface area contributed by atoms with E-state index < -0.39 is 0 Å². The van der Waals surface area contributed by atoms with E-state index in [0.29, 0.717) is 11.4 Å². The lowest BCUT2D eigenvalue weighted by atomic mass is 9.85. The van der Waals surface area contributed by atoms with Gasteiger partial charge in [-0.3, -0.25) is 9.59 Å². The standard InChI is InChI=1S/C29H23NO3/c1-33-21-14-12-20(13-15-21)30-28(31)26-22-16-17-23(27(26)29(30)32)25(22)24(18-8-4-2-5-9-18)19-10-6-3-7-11-19/h2-17,22-23,26-27H,1H3/t22-,23+,26-,27-/m0/s1. The number of benzene rings is 3. The van der Waals surface area contributed by atoms with E-state index in [9.17, 15) is 9.59 Å². The molecule has 3 aliphatic rings. The second-order valence-corrected chi connectivity index (χ2v) is 8.76. The van der Waals surface area contributed by atoms with Crippen LogP contribution in [0.25, 0.3) is 5.57 Å². The van der Waals surface area contributed by atoms with Crippen LogP contribution >= 0.6 is 0 Å². The van der Waals surface area contributed by atoms with Crippen LogP contribution in [0.4, 0.5) is 5.69 Å². The van der Waals surface area contributed by atoms with Gasteiger partial charge in [-0.15, -0.1) is 0 Å². The molecule has 0 aromatic heterocycles. The molecule has 3 aromatic rings. The van der Waals surface area contributed by atoms with Crippen molar-refractivity contribution in [1.29, 1.82) is 0 Å². The second-order valence-electron chi connectivity index (χ2n) is 8.76. The quantitative estimate of drug-likeness (QED) is 0.424. The van der Waals surface area contributed by atoms with Crippen LogP contribution < -0.4 is 9.64 Å². The number of anilines is 1. The van der Waals surface area contributed by atoms with Gasteiger partial charge in [0.15, 0.2) is 0 Å². The number of hydrogen-bond donors (Lipinski definition) is 0. The Labute approximate surface area is 192 Å². The molecule has 0 spiro atoms. The Balaban J connectivity index is 1.46. The molecule has 6 rings (SSSR count). The minimum absolute atomic E-state index is 0.0740. The predicted molar refractivity (Wildman–Crippen MR) is 127 cm³/mol. The molecule has 3 aromatic carbocycles. The lowest BCUT2D eigenvalue weighted by Gasteiger charge is -2.21. The fourth-order valence-corrected chi connectivity index (χ4v) is 5.79. The van der Waals surface area contributed by atoms with Gasteiger partial charge in [0, 0.05) is 11.8 Å². The first-order chi connectivity index (χ1) is 16.2. The Morgan fingerprint density at radius 1 is 0.697 bits per heavy atom. The molecule has 33 heavy (non-hydrogen) atoms. The average Bonchev–Trinajstić information content (AvgIpc) is 3.50. The van der Waals surface area contributed by atoms with Gasteiger partial charge >= 0.3 is 0 Å². The number of nitrogens with zero attached hydrogens (tertiary/aromatic N) is 1. The molecule has 2 amide bonds. The fourth-order valence-electron chi connectivity index (χ4n) is 5.79. The van der Waals surface area contributed by atoms with Crippen molar-refractivity contribution in [2.24, 2.45) is 23.7 Å². The number of hydrogen-bond acceptors (Lipinski definition) is 3. The van der Waals surface area contributed by atoms with Crippen molar-refractivity contribution in [3.8, 4) is 5.75 Å². The lowest BCUT2D eigenvalue weighted by Crippen LogP contribution is -2.33. The lowest BCUT2D eigenvalue weighted by molar-refractivity contribution is -0.122. The summed E-state index contributed by atoms with van der Waals surface area (Å²) < 4.78 is 5.22. The number of allylic oxidation sites excluding steroid dienone is 3. The van der Waals surface area contributed by atoms with Gasteiger partial charge < -0.3 is 4.74 Å². The summed E-state index contributed by atoms with van der Waals surface area (Å²) in [5, 5.41) is 0. The van der Waals surface area contributed by atoms with Crippen molar-refractivity contribution in [2.75, 3.05) is 12.0 Å². The van der Waals surface area contributed by atoms with Gasteiger partial charge in [-0.1, -0.05) is 72.8 Å². The third-order valence-corrected chi connectivity index (χ3v) is 7.16. The van der Waals surface area contributed by atoms with Gasteiger partial charge in [-0.2, -0.15) is 0 Å². The molecule has 2 fully saturated rings. The number of methoxy groups -OCH3 is 1. The molecule has 2 bridgehead atoms. The molecular weight excluding hydrogens is 410 g/mol. The molecule has 1 heterocycles. The molecular formula is C29H23NO3. The third kappa shape index (κ3) is 2.91. The van der Waals surface area contributed by atoms with Crippen molar-refractivity contribution < 1.29 is 14.3 Å². The monoisotopic (exact) mass is 433 g/mol. The summed E-state index contributed by atoms with van der Waals surface area (Å²) in [7, 11) is 1.60. The van der Waals surface area contributed by atoms with Crippen LogP contribution in [0.1, 0.15) is 11.1 Å². The average molecular weight is 434 g/mol. The molecule has 1 saturated carbocycles. The number of fused-ring (bicyclic) bond motifs is 5. The maximum Gasteiger partial charge on any atom is 0.238 e. The molecule has 162 valence electrons. The van der Waals surface area contributed by atoms with E-state index in [4.69, 9.17) is 4.74 Å². The van der Waals surface area contributed by atoms with E-state index in [-0.39, 0.29) is 35.5 Å². The van der Waals surface area contributed by atoms with Crippen LogP contribution in [-0.2, 0) is 9.59 Å². The first-order valence-corrected chi connectivity index (χ1v) is 11.2. The van der Waals surface area contributed by atoms with Crippen LogP contribution in [-0.4, -0.2) is 18.9 Å². The van der Waals surface area contributed by atoms with Crippen molar-refractivity contribution in [3.05, 3.63) is 114 Å². The normalized spacial score (nSPS) is 25.0. The van der Waals surface area contributed by atoms with Gasteiger partial charge in [0.2, 0.25) is 11.8 Å². The van der Waals surface area contributed by atoms with E-state index in [1.807, 2.05) is 36.4 Å². The third-order valence-electron chi connectivity index (χ3n) is 7.16. The molecule has 4 atom stereocenters. The SMILES string of the molecule is COc1ccc(N2C(=O)[C@@H]3[C@@H](C2=O)[C@H]2C=C[C@@H]3C2=C(c2ccccc2)c2ccccc2)cc1. The van der Waals surface area contributed by atoms with E-state index in [1.54, 1.807) is 31.4 Å². The zero-order chi connectivity index (χ0) is 22.5. The summed E-state index contributed by atoms with van der Waals surface area (Å²) in [6, 6.07) is 27.7. The maximum absolute atomic E-state index is 13.6. The first kappa shape index (κ1) is 19.7. The number of ether oxygens (including phenoxy) is 1. The summed E-state index contributed by atoms with van der Waals surface area (Å²) in [6.07, 6.45) is 4.27. The van der Waals surface area contributed by atoms with Crippen LogP contribution in [0.15, 0.2) is 103 Å². The smallest absolute Gasteiger partial charge is 0.238 e. The molecule has 4 heteroatoms. The molecule has 0 N–H and O–H groups in total. The summed E-state index contributed by atoms with van der Waals surface area (Å²) in [5.41, 5.74) is 5.17. The van der Waals surface area contributed by atoms with Crippen LogP contribution in [0, 0.1) is 23.7 Å². The topological polar surface area (TPSA) is 46.6 Å². The fraction of sp³-hybridized carbons (Fsp3) is 0.172. The number of imide groups is 1. The Morgan fingerprint density at radius 2 is 1.18 bits per heavy atom. The van der Waals surface area contributed by atoms with Crippen LogP contribution in [0.5, 0.6) is 5.75 Å². The van der Waals surface area contributed by atoms with Crippen molar-refractivity contribution in [3.63, 3.8) is 0 Å². The highest BCUT2D eigenvalue weighted by atomic mass is 16.5. The largest absolute Gasteiger partial charge is 0.497 e. The molecule has 0 radical (unpaired) electrons. The number of carbonyl (C=O) groups excluding carboxylic acids is 2. The van der Waals surface area contributed by atoms with E-state index in [2.05, 4.69) is 36.4 Å². The number of carbonyl (C=O) groups is 2. The second kappa shape index (κ2) is 7.59. The van der Waals surface area contributed by atoms with Crippen molar-refractivity contribution in [1.82, 2.24) is 0 Å². The Kier molecular flexibility index (Phi) is 4.54. The van der Waals surface area contributed by atoms with Gasteiger partial charge in [0.25, 0.3) is 0 Å². The van der Waals surface area contributed by atoms with Gasteiger partial charge in [-0.05, 0) is 46.5 Å². The zero-order valence-corrected chi connectivity index (χ0v) is 18.2. The Hall–Kier alpha value is -3.92. The summed E-state index contributed by atoms with van der Waals surface area (Å²) in [4.78, 5) is 28.6. The number of amides is 2. The Morgan fingerprint density at radius 3 is 1.64 bits per heavy atom. The Bertz CT molecular complexity index is 1220. The molecule has 2 aliphatic carbocycles. The van der Waals surface area contributed by atoms with Crippen molar-refractivity contribution >= 4 is 23.1 Å². The summed E-state index contributed by atoms with van der Waals surface area (Å²) in [6.45, 7) is 0. The zero-order valence-electron chi connectivity index (χ0n) is 18.2. The van der Waals surface area contributed by atoms with Crippen LogP contribution in [0.3, 0.4) is 0 Å². The van der Waals surface area contributed by atoms with Crippen LogP contribution in [0.2, 0.25) is 0 Å². The van der Waals surface area contributed by atoms with E-state index >= 15 is 0 Å². The first-order valence-electron chi connectivity index (χ1n) is 11.2. The van der Waals surface area contributed by atoms with Gasteiger partial charge in [-0.25, -0.2) is 4.90 Å². The summed E-state index contributed by atoms with van der Waals surface area (Å²) in [5.74, 6) is -0.375. The number of rotatable bonds is 4. The van der Waals surface area contributed by atoms with E-state index in [0.717, 1.165) is 16.7 Å². The highest BCUT2D eigenvalue weighted by Gasteiger charge is 2.62. The summed E-state index contributed by atoms with van der Waals surface area (Å²) >= 11 is 0. The molecule has 4 nitrogen and oxygen atoms in total.